The van der Waals surface area contributed by atoms with Crippen molar-refractivity contribution in [3.05, 3.63) is 11.4 Å². The molecule has 0 amide bonds. The third-order valence-electron chi connectivity index (χ3n) is 1.34. The molecule has 0 unspecified atom stereocenters. The third-order valence-corrected chi connectivity index (χ3v) is 1.34. The summed E-state index contributed by atoms with van der Waals surface area (Å²) in [4.78, 5) is 17.7. The fourth-order valence-corrected chi connectivity index (χ4v) is 0.703. The van der Waals surface area contributed by atoms with Gasteiger partial charge in [-0.25, -0.2) is 14.8 Å². The van der Waals surface area contributed by atoms with Crippen molar-refractivity contribution < 1.29 is 9.90 Å². The zero-order chi connectivity index (χ0) is 9.30. The van der Waals surface area contributed by atoms with Crippen LogP contribution in [0, 0.1) is 6.92 Å². The first-order chi connectivity index (χ1) is 5.52. The van der Waals surface area contributed by atoms with E-state index in [2.05, 4.69) is 9.97 Å². The molecule has 12 heavy (non-hydrogen) atoms. The second-order valence-corrected chi connectivity index (χ2v) is 2.23. The van der Waals surface area contributed by atoms with Gasteiger partial charge in [-0.3, -0.25) is 0 Å². The molecule has 5 N–H and O–H groups in total. The van der Waals surface area contributed by atoms with E-state index in [4.69, 9.17) is 16.6 Å². The molecule has 0 saturated heterocycles. The van der Waals surface area contributed by atoms with Crippen LogP contribution in [-0.4, -0.2) is 21.0 Å². The van der Waals surface area contributed by atoms with Gasteiger partial charge in [-0.05, 0) is 6.92 Å². The molecule has 1 aromatic rings. The molecule has 0 aliphatic rings. The second-order valence-electron chi connectivity index (χ2n) is 2.23. The van der Waals surface area contributed by atoms with Gasteiger partial charge in [-0.1, -0.05) is 0 Å². The Bertz CT molecular complexity index is 337. The molecule has 0 bridgehead atoms. The van der Waals surface area contributed by atoms with Crippen LogP contribution < -0.4 is 11.5 Å². The Labute approximate surface area is 68.2 Å². The smallest absolute Gasteiger partial charge is 0.358 e. The fraction of sp³-hybridized carbons (Fsp3) is 0.167. The zero-order valence-electron chi connectivity index (χ0n) is 6.40. The molecular formula is C6H8N4O2. The highest BCUT2D eigenvalue weighted by Crippen LogP contribution is 2.11. The van der Waals surface area contributed by atoms with E-state index in [1.165, 1.54) is 0 Å². The Balaban J connectivity index is 3.33. The van der Waals surface area contributed by atoms with E-state index in [0.29, 0.717) is 5.69 Å². The highest BCUT2D eigenvalue weighted by Gasteiger charge is 2.12. The molecule has 1 rings (SSSR count). The third kappa shape index (κ3) is 1.26. The maximum absolute atomic E-state index is 10.5. The number of anilines is 2. The summed E-state index contributed by atoms with van der Waals surface area (Å²) in [7, 11) is 0. The van der Waals surface area contributed by atoms with E-state index in [-0.39, 0.29) is 17.3 Å². The SMILES string of the molecule is Cc1nc(C(=O)O)c(N)nc1N. The Kier molecular flexibility index (Phi) is 1.82. The highest BCUT2D eigenvalue weighted by atomic mass is 16.4. The average molecular weight is 168 g/mol. The zero-order valence-corrected chi connectivity index (χ0v) is 6.40. The number of aromatic nitrogens is 2. The Morgan fingerprint density at radius 3 is 2.42 bits per heavy atom. The lowest BCUT2D eigenvalue weighted by Crippen LogP contribution is -2.11. The Morgan fingerprint density at radius 2 is 1.92 bits per heavy atom. The number of nitrogens with zero attached hydrogens (tertiary/aromatic N) is 2. The normalized spacial score (nSPS) is 9.75. The number of nitrogen functional groups attached to an aromatic ring is 2. The average Bonchev–Trinajstić information content (AvgIpc) is 1.96. The largest absolute Gasteiger partial charge is 0.476 e. The topological polar surface area (TPSA) is 115 Å². The summed E-state index contributed by atoms with van der Waals surface area (Å²) in [5.74, 6) is -1.22. The van der Waals surface area contributed by atoms with Gasteiger partial charge in [0, 0.05) is 0 Å². The molecular weight excluding hydrogens is 160 g/mol. The molecule has 0 spiro atoms. The van der Waals surface area contributed by atoms with E-state index in [1.807, 2.05) is 0 Å². The number of rotatable bonds is 1. The number of hydrogen-bond donors (Lipinski definition) is 3. The van der Waals surface area contributed by atoms with Crippen molar-refractivity contribution in [3.63, 3.8) is 0 Å². The van der Waals surface area contributed by atoms with E-state index >= 15 is 0 Å². The lowest BCUT2D eigenvalue weighted by molar-refractivity contribution is 0.0691. The molecule has 1 aromatic heterocycles. The van der Waals surface area contributed by atoms with Crippen molar-refractivity contribution >= 4 is 17.6 Å². The van der Waals surface area contributed by atoms with Crippen molar-refractivity contribution in [2.75, 3.05) is 11.5 Å². The van der Waals surface area contributed by atoms with Crippen LogP contribution in [0.4, 0.5) is 11.6 Å². The molecule has 0 fully saturated rings. The number of carboxylic acids is 1. The van der Waals surface area contributed by atoms with Crippen LogP contribution in [0.1, 0.15) is 16.2 Å². The van der Waals surface area contributed by atoms with Gasteiger partial charge < -0.3 is 16.6 Å². The van der Waals surface area contributed by atoms with E-state index < -0.39 is 5.97 Å². The van der Waals surface area contributed by atoms with Gasteiger partial charge in [0.2, 0.25) is 0 Å². The van der Waals surface area contributed by atoms with Crippen LogP contribution in [-0.2, 0) is 0 Å². The predicted octanol–water partition coefficient (Wildman–Crippen LogP) is -0.352. The summed E-state index contributed by atoms with van der Waals surface area (Å²) in [5, 5.41) is 8.56. The van der Waals surface area contributed by atoms with Crippen molar-refractivity contribution in [2.45, 2.75) is 6.92 Å². The van der Waals surface area contributed by atoms with E-state index in [9.17, 15) is 4.79 Å². The van der Waals surface area contributed by atoms with Gasteiger partial charge in [-0.15, -0.1) is 0 Å². The van der Waals surface area contributed by atoms with Gasteiger partial charge in [0.15, 0.2) is 11.5 Å². The summed E-state index contributed by atoms with van der Waals surface area (Å²) in [5.41, 5.74) is 10.7. The fourth-order valence-electron chi connectivity index (χ4n) is 0.703. The maximum Gasteiger partial charge on any atom is 0.358 e. The van der Waals surface area contributed by atoms with Gasteiger partial charge in [0.1, 0.15) is 5.82 Å². The van der Waals surface area contributed by atoms with Gasteiger partial charge in [0.05, 0.1) is 5.69 Å². The highest BCUT2D eigenvalue weighted by molar-refractivity contribution is 5.90. The number of carbonyl (C=O) groups is 1. The first kappa shape index (κ1) is 8.25. The number of aromatic carboxylic acids is 1. The lowest BCUT2D eigenvalue weighted by Gasteiger charge is -2.02. The minimum atomic E-state index is -1.21. The standard InChI is InChI=1S/C6H8N4O2/c1-2-4(7)10-5(8)3(9-2)6(11)12/h1H3,(H,11,12)(H4,7,8,10). The molecule has 1 heterocycles. The minimum absolute atomic E-state index is 0.150. The second kappa shape index (κ2) is 2.65. The molecule has 0 aliphatic heterocycles. The van der Waals surface area contributed by atoms with Crippen LogP contribution in [0.5, 0.6) is 0 Å². The van der Waals surface area contributed by atoms with Crippen LogP contribution in [0.15, 0.2) is 0 Å². The Morgan fingerprint density at radius 1 is 1.33 bits per heavy atom. The van der Waals surface area contributed by atoms with Gasteiger partial charge in [0.25, 0.3) is 0 Å². The van der Waals surface area contributed by atoms with Gasteiger partial charge >= 0.3 is 5.97 Å². The van der Waals surface area contributed by atoms with Crippen molar-refractivity contribution in [1.82, 2.24) is 9.97 Å². The van der Waals surface area contributed by atoms with Gasteiger partial charge in [-0.2, -0.15) is 0 Å². The van der Waals surface area contributed by atoms with Crippen LogP contribution in [0.25, 0.3) is 0 Å². The van der Waals surface area contributed by atoms with Crippen LogP contribution in [0.3, 0.4) is 0 Å². The van der Waals surface area contributed by atoms with E-state index in [0.717, 1.165) is 0 Å². The van der Waals surface area contributed by atoms with Crippen molar-refractivity contribution in [3.8, 4) is 0 Å². The quantitative estimate of drug-likeness (QED) is 0.527. The summed E-state index contributed by atoms with van der Waals surface area (Å²) in [6.07, 6.45) is 0. The van der Waals surface area contributed by atoms with Crippen LogP contribution in [0.2, 0.25) is 0 Å². The first-order valence-corrected chi connectivity index (χ1v) is 3.15. The molecule has 0 radical (unpaired) electrons. The predicted molar refractivity (Wildman–Crippen MR) is 42.6 cm³/mol. The van der Waals surface area contributed by atoms with Crippen LogP contribution >= 0.6 is 0 Å². The molecule has 0 aliphatic carbocycles. The maximum atomic E-state index is 10.5. The molecule has 6 heteroatoms. The Hall–Kier alpha value is -1.85. The number of aryl methyl sites for hydroxylation is 1. The minimum Gasteiger partial charge on any atom is -0.476 e. The molecule has 6 nitrogen and oxygen atoms in total. The van der Waals surface area contributed by atoms with E-state index in [1.54, 1.807) is 6.92 Å². The summed E-state index contributed by atoms with van der Waals surface area (Å²) in [6, 6.07) is 0. The van der Waals surface area contributed by atoms with Crippen molar-refractivity contribution in [2.24, 2.45) is 0 Å². The lowest BCUT2D eigenvalue weighted by atomic mass is 10.3. The molecule has 0 saturated carbocycles. The van der Waals surface area contributed by atoms with Crippen molar-refractivity contribution in [1.29, 1.82) is 0 Å². The number of nitrogens with two attached hydrogens (primary N) is 2. The summed E-state index contributed by atoms with van der Waals surface area (Å²) < 4.78 is 0. The summed E-state index contributed by atoms with van der Waals surface area (Å²) >= 11 is 0. The summed E-state index contributed by atoms with van der Waals surface area (Å²) in [6.45, 7) is 1.56. The molecule has 64 valence electrons. The molecule has 0 aromatic carbocycles. The molecule has 0 atom stereocenters. The number of carboxylic acid groups (broad SMARTS) is 1. The first-order valence-electron chi connectivity index (χ1n) is 3.15. The monoisotopic (exact) mass is 168 g/mol. The number of hydrogen-bond acceptors (Lipinski definition) is 5.